The Kier molecular flexibility index (Phi) is 2.01. The zero-order valence-corrected chi connectivity index (χ0v) is 9.57. The van der Waals surface area contributed by atoms with E-state index in [9.17, 15) is 0 Å². The second kappa shape index (κ2) is 3.23. The highest BCUT2D eigenvalue weighted by molar-refractivity contribution is 9.10. The molecule has 1 fully saturated rings. The first-order valence-corrected chi connectivity index (χ1v) is 6.06. The molecule has 1 aromatic rings. The molecule has 0 aromatic heterocycles. The molecule has 3 atom stereocenters. The number of allylic oxidation sites excluding steroid dienone is 2. The van der Waals surface area contributed by atoms with Crippen LogP contribution in [0.4, 0.5) is 0 Å². The number of halogens is 1. The molecule has 0 aliphatic heterocycles. The Labute approximate surface area is 93.2 Å². The van der Waals surface area contributed by atoms with Gasteiger partial charge in [-0.3, -0.25) is 0 Å². The smallest absolute Gasteiger partial charge is 0.0178 e. The summed E-state index contributed by atoms with van der Waals surface area (Å²) in [5.41, 5.74) is 1.51. The van der Waals surface area contributed by atoms with Gasteiger partial charge in [0.25, 0.3) is 0 Å². The Bertz CT molecular complexity index is 381. The van der Waals surface area contributed by atoms with Crippen molar-refractivity contribution >= 4 is 15.9 Å². The molecule has 14 heavy (non-hydrogen) atoms. The normalized spacial score (nSPS) is 33.9. The summed E-state index contributed by atoms with van der Waals surface area (Å²) in [6, 6.07) is 8.80. The highest BCUT2D eigenvalue weighted by Gasteiger charge is 2.36. The summed E-state index contributed by atoms with van der Waals surface area (Å²) in [6.07, 6.45) is 7.56. The first-order valence-electron chi connectivity index (χ1n) is 5.27. The van der Waals surface area contributed by atoms with Gasteiger partial charge in [0.15, 0.2) is 0 Å². The van der Waals surface area contributed by atoms with E-state index in [4.69, 9.17) is 0 Å². The van der Waals surface area contributed by atoms with E-state index in [-0.39, 0.29) is 0 Å². The van der Waals surface area contributed by atoms with Crippen LogP contribution < -0.4 is 0 Å². The van der Waals surface area contributed by atoms with Crippen LogP contribution in [-0.4, -0.2) is 0 Å². The number of hydrogen-bond donors (Lipinski definition) is 0. The van der Waals surface area contributed by atoms with Crippen molar-refractivity contribution in [3.8, 4) is 0 Å². The van der Waals surface area contributed by atoms with Gasteiger partial charge in [-0.15, -0.1) is 0 Å². The average molecular weight is 249 g/mol. The van der Waals surface area contributed by atoms with Crippen molar-refractivity contribution in [3.63, 3.8) is 0 Å². The molecule has 2 aliphatic rings. The third-order valence-electron chi connectivity index (χ3n) is 3.56. The molecule has 0 N–H and O–H groups in total. The average Bonchev–Trinajstić information content (AvgIpc) is 2.78. The summed E-state index contributed by atoms with van der Waals surface area (Å²) >= 11 is 3.54. The van der Waals surface area contributed by atoms with Crippen LogP contribution in [0.25, 0.3) is 0 Å². The zero-order chi connectivity index (χ0) is 9.54. The summed E-state index contributed by atoms with van der Waals surface area (Å²) < 4.78 is 1.21. The van der Waals surface area contributed by atoms with E-state index in [0.717, 1.165) is 17.8 Å². The zero-order valence-electron chi connectivity index (χ0n) is 7.99. The van der Waals surface area contributed by atoms with Crippen molar-refractivity contribution in [2.75, 3.05) is 0 Å². The largest absolute Gasteiger partial charge is 0.0851 e. The van der Waals surface area contributed by atoms with Crippen LogP contribution in [0.3, 0.4) is 0 Å². The molecule has 3 unspecified atom stereocenters. The molecule has 0 saturated heterocycles. The van der Waals surface area contributed by atoms with Crippen LogP contribution in [0, 0.1) is 11.8 Å². The molecule has 3 rings (SSSR count). The highest BCUT2D eigenvalue weighted by Crippen LogP contribution is 2.48. The van der Waals surface area contributed by atoms with Gasteiger partial charge >= 0.3 is 0 Å². The van der Waals surface area contributed by atoms with Crippen molar-refractivity contribution in [2.45, 2.75) is 18.8 Å². The summed E-state index contributed by atoms with van der Waals surface area (Å²) in [5.74, 6) is 2.46. The van der Waals surface area contributed by atoms with E-state index in [2.05, 4.69) is 52.3 Å². The molecule has 1 heteroatoms. The number of rotatable bonds is 1. The molecular formula is C13H13Br. The van der Waals surface area contributed by atoms with Crippen molar-refractivity contribution in [1.29, 1.82) is 0 Å². The molecule has 1 saturated carbocycles. The maximum absolute atomic E-state index is 3.54. The van der Waals surface area contributed by atoms with Crippen LogP contribution in [0.15, 0.2) is 40.9 Å². The maximum atomic E-state index is 3.54. The van der Waals surface area contributed by atoms with Gasteiger partial charge in [-0.1, -0.05) is 40.2 Å². The second-order valence-electron chi connectivity index (χ2n) is 4.44. The monoisotopic (exact) mass is 248 g/mol. The van der Waals surface area contributed by atoms with Crippen molar-refractivity contribution in [3.05, 3.63) is 46.5 Å². The van der Waals surface area contributed by atoms with Gasteiger partial charge in [-0.2, -0.15) is 0 Å². The van der Waals surface area contributed by atoms with Crippen LogP contribution in [0.1, 0.15) is 24.3 Å². The minimum absolute atomic E-state index is 0.780. The van der Waals surface area contributed by atoms with E-state index in [0.29, 0.717) is 0 Å². The van der Waals surface area contributed by atoms with Gasteiger partial charge in [0.1, 0.15) is 0 Å². The predicted molar refractivity (Wildman–Crippen MR) is 62.2 cm³/mol. The predicted octanol–water partition coefficient (Wildman–Crippen LogP) is 4.13. The first kappa shape index (κ1) is 8.72. The van der Waals surface area contributed by atoms with Crippen LogP contribution in [0.2, 0.25) is 0 Å². The lowest BCUT2D eigenvalue weighted by molar-refractivity contribution is 0.585. The van der Waals surface area contributed by atoms with Gasteiger partial charge in [0.05, 0.1) is 0 Å². The molecule has 0 spiro atoms. The Hall–Kier alpha value is -0.560. The summed E-state index contributed by atoms with van der Waals surface area (Å²) in [7, 11) is 0. The van der Waals surface area contributed by atoms with E-state index in [1.165, 1.54) is 22.9 Å². The lowest BCUT2D eigenvalue weighted by Crippen LogP contribution is -2.04. The van der Waals surface area contributed by atoms with Crippen molar-refractivity contribution in [1.82, 2.24) is 0 Å². The number of benzene rings is 1. The Morgan fingerprint density at radius 2 is 2.07 bits per heavy atom. The lowest BCUT2D eigenvalue weighted by atomic mass is 9.87. The standard InChI is InChI=1S/C13H13Br/c14-12-3-1-2-10(8-12)13-7-9-4-5-11(13)6-9/h1-5,8-9,11,13H,6-7H2. The summed E-state index contributed by atoms with van der Waals surface area (Å²) in [4.78, 5) is 0. The van der Waals surface area contributed by atoms with E-state index < -0.39 is 0 Å². The fourth-order valence-corrected chi connectivity index (χ4v) is 3.32. The van der Waals surface area contributed by atoms with Gasteiger partial charge < -0.3 is 0 Å². The Morgan fingerprint density at radius 3 is 2.71 bits per heavy atom. The molecule has 0 nitrogen and oxygen atoms in total. The first-order chi connectivity index (χ1) is 6.83. The molecule has 72 valence electrons. The molecule has 2 aliphatic carbocycles. The molecule has 0 radical (unpaired) electrons. The molecule has 1 aromatic carbocycles. The Balaban J connectivity index is 1.93. The third kappa shape index (κ3) is 1.35. The number of hydrogen-bond acceptors (Lipinski definition) is 0. The van der Waals surface area contributed by atoms with E-state index in [1.54, 1.807) is 0 Å². The topological polar surface area (TPSA) is 0 Å². The fourth-order valence-electron chi connectivity index (χ4n) is 2.90. The second-order valence-corrected chi connectivity index (χ2v) is 5.36. The Morgan fingerprint density at radius 1 is 1.14 bits per heavy atom. The molecular weight excluding hydrogens is 236 g/mol. The molecule has 2 bridgehead atoms. The van der Waals surface area contributed by atoms with Crippen molar-refractivity contribution < 1.29 is 0 Å². The maximum Gasteiger partial charge on any atom is 0.0178 e. The molecule has 0 heterocycles. The van der Waals surface area contributed by atoms with Crippen LogP contribution >= 0.6 is 15.9 Å². The summed E-state index contributed by atoms with van der Waals surface area (Å²) in [6.45, 7) is 0. The van der Waals surface area contributed by atoms with Gasteiger partial charge in [-0.25, -0.2) is 0 Å². The quantitative estimate of drug-likeness (QED) is 0.656. The number of fused-ring (bicyclic) bond motifs is 2. The molecule has 0 amide bonds. The minimum Gasteiger partial charge on any atom is -0.0851 e. The SMILES string of the molecule is Brc1cccc(C2CC3C=CC2C3)c1. The van der Waals surface area contributed by atoms with E-state index in [1.807, 2.05) is 0 Å². The van der Waals surface area contributed by atoms with Crippen molar-refractivity contribution in [2.24, 2.45) is 11.8 Å². The lowest BCUT2D eigenvalue weighted by Gasteiger charge is -2.18. The highest BCUT2D eigenvalue weighted by atomic mass is 79.9. The van der Waals surface area contributed by atoms with Crippen LogP contribution in [-0.2, 0) is 0 Å². The van der Waals surface area contributed by atoms with Gasteiger partial charge in [0.2, 0.25) is 0 Å². The summed E-state index contributed by atoms with van der Waals surface area (Å²) in [5, 5.41) is 0. The van der Waals surface area contributed by atoms with Gasteiger partial charge in [-0.05, 0) is 48.3 Å². The van der Waals surface area contributed by atoms with Crippen LogP contribution in [0.5, 0.6) is 0 Å². The third-order valence-corrected chi connectivity index (χ3v) is 4.05. The fraction of sp³-hybridized carbons (Fsp3) is 0.385. The van der Waals surface area contributed by atoms with Gasteiger partial charge in [0, 0.05) is 4.47 Å². The van der Waals surface area contributed by atoms with E-state index >= 15 is 0 Å². The minimum atomic E-state index is 0.780.